The lowest BCUT2D eigenvalue weighted by Gasteiger charge is -2.20. The van der Waals surface area contributed by atoms with E-state index in [4.69, 9.17) is 4.74 Å². The number of nitrogens with zero attached hydrogens (tertiary/aromatic N) is 3. The lowest BCUT2D eigenvalue weighted by Crippen LogP contribution is -2.23. The Hall–Kier alpha value is -1.11. The molecule has 1 aromatic rings. The van der Waals surface area contributed by atoms with E-state index in [1.54, 1.807) is 0 Å². The number of rotatable bonds is 2. The fourth-order valence-corrected chi connectivity index (χ4v) is 1.63. The quantitative estimate of drug-likeness (QED) is 0.614. The van der Waals surface area contributed by atoms with Crippen molar-refractivity contribution in [3.05, 3.63) is 14.7 Å². The van der Waals surface area contributed by atoms with Crippen LogP contribution in [0.5, 0.6) is 5.88 Å². The number of hydrogen-bond donors (Lipinski definition) is 0. The van der Waals surface area contributed by atoms with Gasteiger partial charge < -0.3 is 4.74 Å². The summed E-state index contributed by atoms with van der Waals surface area (Å²) in [4.78, 5) is 10.3. The van der Waals surface area contributed by atoms with E-state index in [1.165, 1.54) is 11.8 Å². The highest BCUT2D eigenvalue weighted by atomic mass is 79.9. The number of nitro groups is 1. The Morgan fingerprint density at radius 3 is 2.40 bits per heavy atom. The summed E-state index contributed by atoms with van der Waals surface area (Å²) < 4.78 is 6.68. The van der Waals surface area contributed by atoms with Gasteiger partial charge in [0.15, 0.2) is 0 Å². The number of methoxy groups -OCH3 is 1. The van der Waals surface area contributed by atoms with Crippen molar-refractivity contribution in [3.63, 3.8) is 0 Å². The minimum absolute atomic E-state index is 0.146. The third-order valence-electron chi connectivity index (χ3n) is 1.79. The van der Waals surface area contributed by atoms with Crippen LogP contribution in [0.1, 0.15) is 20.8 Å². The van der Waals surface area contributed by atoms with Crippen molar-refractivity contribution < 1.29 is 9.66 Å². The van der Waals surface area contributed by atoms with Crippen molar-refractivity contribution in [2.24, 2.45) is 0 Å². The normalized spacial score (nSPS) is 11.5. The molecule has 0 unspecified atom stereocenters. The fourth-order valence-electron chi connectivity index (χ4n) is 1.16. The van der Waals surface area contributed by atoms with Crippen LogP contribution in [0, 0.1) is 10.1 Å². The van der Waals surface area contributed by atoms with Crippen LogP contribution in [-0.4, -0.2) is 21.8 Å². The van der Waals surface area contributed by atoms with Crippen LogP contribution >= 0.6 is 15.9 Å². The molecular weight excluding hydrogens is 266 g/mol. The molecule has 84 valence electrons. The van der Waals surface area contributed by atoms with Crippen molar-refractivity contribution >= 4 is 21.6 Å². The molecule has 0 bridgehead atoms. The highest BCUT2D eigenvalue weighted by molar-refractivity contribution is 9.10. The predicted octanol–water partition coefficient (Wildman–Crippen LogP) is 2.32. The molecule has 0 spiro atoms. The van der Waals surface area contributed by atoms with Gasteiger partial charge in [-0.1, -0.05) is 0 Å². The summed E-state index contributed by atoms with van der Waals surface area (Å²) in [5, 5.41) is 14.8. The Kier molecular flexibility index (Phi) is 3.03. The molecule has 0 fully saturated rings. The van der Waals surface area contributed by atoms with Gasteiger partial charge in [0.25, 0.3) is 5.88 Å². The largest absolute Gasteiger partial charge is 0.476 e. The first-order chi connectivity index (χ1) is 6.79. The summed E-state index contributed by atoms with van der Waals surface area (Å²) in [5.41, 5.74) is -0.519. The van der Waals surface area contributed by atoms with Crippen molar-refractivity contribution in [2.45, 2.75) is 26.3 Å². The first kappa shape index (κ1) is 12.0. The molecule has 7 heteroatoms. The summed E-state index contributed by atoms with van der Waals surface area (Å²) >= 11 is 3.05. The second-order valence-corrected chi connectivity index (χ2v) is 4.74. The molecule has 0 aliphatic heterocycles. The maximum absolute atomic E-state index is 10.8. The van der Waals surface area contributed by atoms with E-state index in [1.807, 2.05) is 20.8 Å². The summed E-state index contributed by atoms with van der Waals surface area (Å²) in [6, 6.07) is 0. The molecule has 0 atom stereocenters. The van der Waals surface area contributed by atoms with Crippen LogP contribution in [0.4, 0.5) is 5.69 Å². The standard InChI is InChI=1S/C8H12BrN3O3/c1-8(2,3)11-7(15-4)5(12(13)14)6(9)10-11/h1-4H3. The Labute approximate surface area is 95.5 Å². The number of ether oxygens (including phenoxy) is 1. The molecule has 0 aromatic carbocycles. The number of halogens is 1. The second kappa shape index (κ2) is 3.80. The molecule has 1 rings (SSSR count). The van der Waals surface area contributed by atoms with Crippen LogP contribution in [0.25, 0.3) is 0 Å². The summed E-state index contributed by atoms with van der Waals surface area (Å²) in [5.74, 6) is 0.152. The molecule has 1 heterocycles. The van der Waals surface area contributed by atoms with E-state index in [2.05, 4.69) is 21.0 Å². The average molecular weight is 278 g/mol. The van der Waals surface area contributed by atoms with E-state index in [-0.39, 0.29) is 21.7 Å². The minimum Gasteiger partial charge on any atom is -0.476 e. The van der Waals surface area contributed by atoms with Crippen LogP contribution in [-0.2, 0) is 5.54 Å². The van der Waals surface area contributed by atoms with Crippen LogP contribution in [0.15, 0.2) is 4.60 Å². The first-order valence-corrected chi connectivity index (χ1v) is 5.05. The average Bonchev–Trinajstić information content (AvgIpc) is 2.41. The first-order valence-electron chi connectivity index (χ1n) is 4.26. The Bertz CT molecular complexity index is 395. The smallest absolute Gasteiger partial charge is 0.364 e. The van der Waals surface area contributed by atoms with Gasteiger partial charge in [0.05, 0.1) is 17.6 Å². The molecule has 15 heavy (non-hydrogen) atoms. The van der Waals surface area contributed by atoms with Gasteiger partial charge in [0.1, 0.15) is 0 Å². The Morgan fingerprint density at radius 2 is 2.07 bits per heavy atom. The van der Waals surface area contributed by atoms with Crippen LogP contribution in [0.3, 0.4) is 0 Å². The van der Waals surface area contributed by atoms with Crippen molar-refractivity contribution in [2.75, 3.05) is 7.11 Å². The third kappa shape index (κ3) is 2.11. The molecule has 0 radical (unpaired) electrons. The zero-order valence-corrected chi connectivity index (χ0v) is 10.5. The molecule has 6 nitrogen and oxygen atoms in total. The molecule has 0 saturated carbocycles. The van der Waals surface area contributed by atoms with Gasteiger partial charge >= 0.3 is 5.69 Å². The summed E-state index contributed by atoms with van der Waals surface area (Å²) in [7, 11) is 1.39. The zero-order chi connectivity index (χ0) is 11.8. The van der Waals surface area contributed by atoms with Gasteiger partial charge in [-0.15, -0.1) is 0 Å². The Balaban J connectivity index is 3.45. The topological polar surface area (TPSA) is 70.2 Å². The van der Waals surface area contributed by atoms with E-state index in [0.717, 1.165) is 0 Å². The van der Waals surface area contributed by atoms with Gasteiger partial charge in [-0.3, -0.25) is 10.1 Å². The number of aromatic nitrogens is 2. The monoisotopic (exact) mass is 277 g/mol. The lowest BCUT2D eigenvalue weighted by molar-refractivity contribution is -0.386. The Morgan fingerprint density at radius 1 is 1.53 bits per heavy atom. The van der Waals surface area contributed by atoms with E-state index in [9.17, 15) is 10.1 Å². The molecular formula is C8H12BrN3O3. The van der Waals surface area contributed by atoms with Crippen LogP contribution in [0.2, 0.25) is 0 Å². The van der Waals surface area contributed by atoms with Crippen molar-refractivity contribution in [3.8, 4) is 5.88 Å². The van der Waals surface area contributed by atoms with Gasteiger partial charge in [0.2, 0.25) is 4.60 Å². The summed E-state index contributed by atoms with van der Waals surface area (Å²) in [6.45, 7) is 5.66. The van der Waals surface area contributed by atoms with Crippen LogP contribution < -0.4 is 4.74 Å². The van der Waals surface area contributed by atoms with Crippen molar-refractivity contribution in [1.29, 1.82) is 0 Å². The third-order valence-corrected chi connectivity index (χ3v) is 2.32. The molecule has 0 aliphatic rings. The van der Waals surface area contributed by atoms with Gasteiger partial charge in [-0.05, 0) is 36.7 Å². The number of hydrogen-bond acceptors (Lipinski definition) is 4. The predicted molar refractivity (Wildman–Crippen MR) is 58.1 cm³/mol. The maximum atomic E-state index is 10.8. The van der Waals surface area contributed by atoms with Gasteiger partial charge in [-0.2, -0.15) is 5.10 Å². The molecule has 1 aromatic heterocycles. The zero-order valence-electron chi connectivity index (χ0n) is 8.94. The highest BCUT2D eigenvalue weighted by Crippen LogP contribution is 2.37. The van der Waals surface area contributed by atoms with Crippen molar-refractivity contribution in [1.82, 2.24) is 9.78 Å². The highest BCUT2D eigenvalue weighted by Gasteiger charge is 2.32. The van der Waals surface area contributed by atoms with Gasteiger partial charge in [0, 0.05) is 0 Å². The molecule has 0 saturated heterocycles. The van der Waals surface area contributed by atoms with Gasteiger partial charge in [-0.25, -0.2) is 4.68 Å². The maximum Gasteiger partial charge on any atom is 0.364 e. The molecule has 0 N–H and O–H groups in total. The van der Waals surface area contributed by atoms with E-state index >= 15 is 0 Å². The van der Waals surface area contributed by atoms with E-state index < -0.39 is 4.92 Å². The molecule has 0 amide bonds. The second-order valence-electron chi connectivity index (χ2n) is 3.99. The SMILES string of the molecule is COc1c([N+](=O)[O-])c(Br)nn1C(C)(C)C. The minimum atomic E-state index is -0.516. The molecule has 0 aliphatic carbocycles. The lowest BCUT2D eigenvalue weighted by atomic mass is 10.1. The van der Waals surface area contributed by atoms with E-state index in [0.29, 0.717) is 0 Å². The fraction of sp³-hybridized carbons (Fsp3) is 0.625. The summed E-state index contributed by atoms with van der Waals surface area (Å²) in [6.07, 6.45) is 0.